The van der Waals surface area contributed by atoms with Gasteiger partial charge in [-0.1, -0.05) is 18.1 Å². The summed E-state index contributed by atoms with van der Waals surface area (Å²) in [5, 5.41) is 13.5. The van der Waals surface area contributed by atoms with E-state index in [1.165, 1.54) is 0 Å². The van der Waals surface area contributed by atoms with Crippen LogP contribution >= 0.6 is 0 Å². The second kappa shape index (κ2) is 8.63. The summed E-state index contributed by atoms with van der Waals surface area (Å²) in [7, 11) is 0. The monoisotopic (exact) mass is 372 g/mol. The Morgan fingerprint density at radius 3 is 2.85 bits per heavy atom. The highest BCUT2D eigenvalue weighted by atomic mass is 16.5. The zero-order chi connectivity index (χ0) is 19.4. The summed E-state index contributed by atoms with van der Waals surface area (Å²) < 4.78 is 5.23. The predicted octanol–water partition coefficient (Wildman–Crippen LogP) is 1.96. The zero-order valence-electron chi connectivity index (χ0n) is 16.3. The third kappa shape index (κ3) is 4.36. The molecule has 0 radical (unpaired) electrons. The Balaban J connectivity index is 1.73. The van der Waals surface area contributed by atoms with Crippen LogP contribution in [0.25, 0.3) is 0 Å². The van der Waals surface area contributed by atoms with Crippen LogP contribution in [-0.2, 0) is 13.0 Å². The van der Waals surface area contributed by atoms with Crippen LogP contribution < -0.4 is 0 Å². The van der Waals surface area contributed by atoms with Crippen molar-refractivity contribution in [3.05, 3.63) is 46.6 Å². The van der Waals surface area contributed by atoms with E-state index in [-0.39, 0.29) is 18.6 Å². The Hall–Kier alpha value is -2.25. The Bertz CT molecular complexity index is 789. The van der Waals surface area contributed by atoms with Gasteiger partial charge < -0.3 is 14.5 Å². The summed E-state index contributed by atoms with van der Waals surface area (Å²) in [4.78, 5) is 21.8. The number of aliphatic hydroxyl groups excluding tert-OH is 1. The lowest BCUT2D eigenvalue weighted by Gasteiger charge is -2.41. The molecule has 1 amide bonds. The first-order valence-electron chi connectivity index (χ1n) is 9.55. The lowest BCUT2D eigenvalue weighted by atomic mass is 10.1. The van der Waals surface area contributed by atoms with Crippen LogP contribution in [0.1, 0.15) is 46.5 Å². The first kappa shape index (κ1) is 19.5. The second-order valence-electron chi connectivity index (χ2n) is 7.07. The number of piperazine rings is 1. The van der Waals surface area contributed by atoms with E-state index in [9.17, 15) is 9.90 Å². The SMILES string of the molecule is CCc1noc(C)c1C(=O)N1CCN(Cc2cccc(C)n2)C(CCO)C1. The molecule has 0 saturated carbocycles. The van der Waals surface area contributed by atoms with Gasteiger partial charge >= 0.3 is 0 Å². The van der Waals surface area contributed by atoms with E-state index in [0.29, 0.717) is 42.9 Å². The van der Waals surface area contributed by atoms with Crippen molar-refractivity contribution < 1.29 is 14.4 Å². The molecule has 1 N–H and O–H groups in total. The quantitative estimate of drug-likeness (QED) is 0.835. The minimum atomic E-state index is -0.0260. The summed E-state index contributed by atoms with van der Waals surface area (Å²) in [6.45, 7) is 8.52. The highest BCUT2D eigenvalue weighted by Crippen LogP contribution is 2.21. The standard InChI is InChI=1S/C20H28N4O3/c1-4-18-19(15(3)27-22-18)20(26)24-10-9-23(17(13-24)8-11-25)12-16-7-5-6-14(2)21-16/h5-7,17,25H,4,8-13H2,1-3H3. The van der Waals surface area contributed by atoms with Gasteiger partial charge in [0.05, 0.1) is 11.4 Å². The van der Waals surface area contributed by atoms with Gasteiger partial charge in [-0.25, -0.2) is 0 Å². The van der Waals surface area contributed by atoms with E-state index in [2.05, 4.69) is 15.0 Å². The van der Waals surface area contributed by atoms with Gasteiger partial charge in [-0.15, -0.1) is 0 Å². The predicted molar refractivity (Wildman–Crippen MR) is 101 cm³/mol. The molecule has 1 aliphatic rings. The molecule has 27 heavy (non-hydrogen) atoms. The Morgan fingerprint density at radius 2 is 2.15 bits per heavy atom. The minimum Gasteiger partial charge on any atom is -0.396 e. The van der Waals surface area contributed by atoms with E-state index in [1.54, 1.807) is 6.92 Å². The summed E-state index contributed by atoms with van der Waals surface area (Å²) in [6.07, 6.45) is 1.29. The molecule has 7 nitrogen and oxygen atoms in total. The summed E-state index contributed by atoms with van der Waals surface area (Å²) in [5.41, 5.74) is 3.31. The van der Waals surface area contributed by atoms with Crippen molar-refractivity contribution in [2.24, 2.45) is 0 Å². The maximum atomic E-state index is 13.1. The molecule has 0 bridgehead atoms. The number of rotatable bonds is 6. The zero-order valence-corrected chi connectivity index (χ0v) is 16.3. The normalized spacial score (nSPS) is 18.1. The number of hydrogen-bond donors (Lipinski definition) is 1. The summed E-state index contributed by atoms with van der Waals surface area (Å²) in [5.74, 6) is 0.545. The molecule has 2 aromatic heterocycles. The van der Waals surface area contributed by atoms with Crippen LogP contribution in [0.3, 0.4) is 0 Å². The topological polar surface area (TPSA) is 82.7 Å². The third-order valence-electron chi connectivity index (χ3n) is 5.15. The number of amides is 1. The smallest absolute Gasteiger partial charge is 0.259 e. The van der Waals surface area contributed by atoms with Crippen LogP contribution in [0, 0.1) is 13.8 Å². The van der Waals surface area contributed by atoms with Crippen LogP contribution in [0.2, 0.25) is 0 Å². The van der Waals surface area contributed by atoms with Gasteiger partial charge in [-0.05, 0) is 38.8 Å². The molecule has 1 saturated heterocycles. The number of nitrogens with zero attached hydrogens (tertiary/aromatic N) is 4. The Kier molecular flexibility index (Phi) is 6.23. The largest absolute Gasteiger partial charge is 0.396 e. The van der Waals surface area contributed by atoms with Crippen molar-refractivity contribution >= 4 is 5.91 Å². The van der Waals surface area contributed by atoms with Gasteiger partial charge in [0, 0.05) is 44.5 Å². The van der Waals surface area contributed by atoms with Gasteiger partial charge in [0.25, 0.3) is 5.91 Å². The number of hydrogen-bond acceptors (Lipinski definition) is 6. The molecule has 3 heterocycles. The minimum absolute atomic E-state index is 0.0260. The number of pyridine rings is 1. The molecule has 1 aliphatic heterocycles. The van der Waals surface area contributed by atoms with Gasteiger partial charge in [0.15, 0.2) is 0 Å². The number of carbonyl (C=O) groups is 1. The average Bonchev–Trinajstić information content (AvgIpc) is 3.03. The van der Waals surface area contributed by atoms with Crippen molar-refractivity contribution in [3.8, 4) is 0 Å². The number of aromatic nitrogens is 2. The van der Waals surface area contributed by atoms with Crippen molar-refractivity contribution in [2.75, 3.05) is 26.2 Å². The van der Waals surface area contributed by atoms with Gasteiger partial charge in [-0.3, -0.25) is 14.7 Å². The maximum absolute atomic E-state index is 13.1. The molecule has 3 rings (SSSR count). The van der Waals surface area contributed by atoms with Crippen molar-refractivity contribution in [1.29, 1.82) is 0 Å². The van der Waals surface area contributed by atoms with Crippen LogP contribution in [0.15, 0.2) is 22.7 Å². The Labute approximate surface area is 160 Å². The van der Waals surface area contributed by atoms with Gasteiger partial charge in [0.1, 0.15) is 11.3 Å². The van der Waals surface area contributed by atoms with Crippen molar-refractivity contribution in [2.45, 2.75) is 46.2 Å². The summed E-state index contributed by atoms with van der Waals surface area (Å²) in [6, 6.07) is 6.12. The van der Waals surface area contributed by atoms with Gasteiger partial charge in [0.2, 0.25) is 0 Å². The number of carbonyl (C=O) groups excluding carboxylic acids is 1. The molecular formula is C20H28N4O3. The Morgan fingerprint density at radius 1 is 1.33 bits per heavy atom. The molecule has 146 valence electrons. The molecule has 7 heteroatoms. The molecule has 0 spiro atoms. The van der Waals surface area contributed by atoms with E-state index < -0.39 is 0 Å². The first-order valence-corrected chi connectivity index (χ1v) is 9.55. The molecule has 1 atom stereocenters. The van der Waals surface area contributed by atoms with Crippen molar-refractivity contribution in [3.63, 3.8) is 0 Å². The highest BCUT2D eigenvalue weighted by Gasteiger charge is 2.32. The summed E-state index contributed by atoms with van der Waals surface area (Å²) >= 11 is 0. The van der Waals surface area contributed by atoms with Gasteiger partial charge in [-0.2, -0.15) is 0 Å². The highest BCUT2D eigenvalue weighted by molar-refractivity contribution is 5.96. The third-order valence-corrected chi connectivity index (χ3v) is 5.15. The molecular weight excluding hydrogens is 344 g/mol. The lowest BCUT2D eigenvalue weighted by Crippen LogP contribution is -2.54. The molecule has 1 fully saturated rings. The molecule has 0 aliphatic carbocycles. The van der Waals surface area contributed by atoms with Crippen molar-refractivity contribution in [1.82, 2.24) is 19.9 Å². The van der Waals surface area contributed by atoms with E-state index in [0.717, 1.165) is 24.5 Å². The molecule has 2 aromatic rings. The van der Waals surface area contributed by atoms with Crippen LogP contribution in [0.4, 0.5) is 0 Å². The fourth-order valence-corrected chi connectivity index (χ4v) is 3.70. The van der Waals surface area contributed by atoms with E-state index in [4.69, 9.17) is 4.52 Å². The molecule has 0 aromatic carbocycles. The lowest BCUT2D eigenvalue weighted by molar-refractivity contribution is 0.0389. The van der Waals surface area contributed by atoms with Crippen LogP contribution in [-0.4, -0.2) is 63.2 Å². The number of aliphatic hydroxyl groups is 1. The maximum Gasteiger partial charge on any atom is 0.259 e. The number of aryl methyl sites for hydroxylation is 3. The fraction of sp³-hybridized carbons (Fsp3) is 0.550. The average molecular weight is 372 g/mol. The fourth-order valence-electron chi connectivity index (χ4n) is 3.70. The van der Waals surface area contributed by atoms with Crippen LogP contribution in [0.5, 0.6) is 0 Å². The first-order chi connectivity index (χ1) is 13.0. The van der Waals surface area contributed by atoms with E-state index in [1.807, 2.05) is 36.9 Å². The molecule has 1 unspecified atom stereocenters. The van der Waals surface area contributed by atoms with E-state index >= 15 is 0 Å². The second-order valence-corrected chi connectivity index (χ2v) is 7.07.